The van der Waals surface area contributed by atoms with Crippen LogP contribution in [0.4, 0.5) is 0 Å². The molecule has 2 rings (SSSR count). The number of rotatable bonds is 4. The summed E-state index contributed by atoms with van der Waals surface area (Å²) in [7, 11) is 2.12. The minimum atomic E-state index is 0.181. The zero-order chi connectivity index (χ0) is 13.8. The molecule has 0 radical (unpaired) electrons. The summed E-state index contributed by atoms with van der Waals surface area (Å²) in [5, 5.41) is 4.84. The molecular formula is C14H20Cl2N2O. The molecule has 3 nitrogen and oxygen atoms in total. The maximum absolute atomic E-state index is 6.21. The van der Waals surface area contributed by atoms with E-state index in [1.54, 1.807) is 6.07 Å². The lowest BCUT2D eigenvalue weighted by Gasteiger charge is -2.31. The van der Waals surface area contributed by atoms with Crippen molar-refractivity contribution in [2.24, 2.45) is 0 Å². The van der Waals surface area contributed by atoms with Crippen LogP contribution in [0, 0.1) is 0 Å². The number of nitrogens with zero attached hydrogens (tertiary/aromatic N) is 1. The van der Waals surface area contributed by atoms with Crippen LogP contribution < -0.4 is 5.32 Å². The predicted molar refractivity (Wildman–Crippen MR) is 80.1 cm³/mol. The van der Waals surface area contributed by atoms with Crippen molar-refractivity contribution in [1.29, 1.82) is 0 Å². The summed E-state index contributed by atoms with van der Waals surface area (Å²) in [5.74, 6) is 0. The number of halogens is 2. The molecule has 1 aromatic carbocycles. The van der Waals surface area contributed by atoms with Crippen molar-refractivity contribution in [1.82, 2.24) is 10.2 Å². The first-order valence-electron chi connectivity index (χ1n) is 6.54. The fourth-order valence-electron chi connectivity index (χ4n) is 2.26. The van der Waals surface area contributed by atoms with Crippen LogP contribution in [0.2, 0.25) is 10.0 Å². The van der Waals surface area contributed by atoms with Gasteiger partial charge in [0, 0.05) is 35.7 Å². The van der Waals surface area contributed by atoms with Crippen LogP contribution in [0.1, 0.15) is 18.5 Å². The summed E-state index contributed by atoms with van der Waals surface area (Å²) in [4.78, 5) is 2.29. The van der Waals surface area contributed by atoms with Gasteiger partial charge in [-0.2, -0.15) is 0 Å². The number of likely N-dealkylation sites (N-methyl/N-ethyl adjacent to an activating group) is 1. The molecule has 0 bridgehead atoms. The Balaban J connectivity index is 1.88. The molecule has 106 valence electrons. The highest BCUT2D eigenvalue weighted by atomic mass is 35.5. The highest BCUT2D eigenvalue weighted by Gasteiger charge is 2.18. The number of morpholine rings is 1. The van der Waals surface area contributed by atoms with Gasteiger partial charge in [0.2, 0.25) is 0 Å². The second-order valence-corrected chi connectivity index (χ2v) is 5.89. The van der Waals surface area contributed by atoms with Crippen molar-refractivity contribution in [3.63, 3.8) is 0 Å². The van der Waals surface area contributed by atoms with Gasteiger partial charge in [0.1, 0.15) is 0 Å². The smallest absolute Gasteiger partial charge is 0.0826 e. The van der Waals surface area contributed by atoms with Gasteiger partial charge in [-0.1, -0.05) is 29.3 Å². The zero-order valence-electron chi connectivity index (χ0n) is 11.3. The minimum Gasteiger partial charge on any atom is -0.374 e. The van der Waals surface area contributed by atoms with E-state index in [0.717, 1.165) is 31.8 Å². The van der Waals surface area contributed by atoms with Crippen molar-refractivity contribution in [3.05, 3.63) is 33.8 Å². The van der Waals surface area contributed by atoms with Gasteiger partial charge in [0.15, 0.2) is 0 Å². The number of ether oxygens (including phenoxy) is 1. The van der Waals surface area contributed by atoms with Crippen molar-refractivity contribution < 1.29 is 4.74 Å². The van der Waals surface area contributed by atoms with E-state index < -0.39 is 0 Å². The van der Waals surface area contributed by atoms with Gasteiger partial charge < -0.3 is 15.0 Å². The summed E-state index contributed by atoms with van der Waals surface area (Å²) < 4.78 is 5.73. The number of hydrogen-bond donors (Lipinski definition) is 1. The molecule has 0 amide bonds. The molecule has 19 heavy (non-hydrogen) atoms. The Morgan fingerprint density at radius 1 is 1.47 bits per heavy atom. The largest absolute Gasteiger partial charge is 0.374 e. The molecule has 0 spiro atoms. The third kappa shape index (κ3) is 4.33. The fourth-order valence-corrected chi connectivity index (χ4v) is 2.83. The van der Waals surface area contributed by atoms with Crippen LogP contribution in [0.25, 0.3) is 0 Å². The summed E-state index contributed by atoms with van der Waals surface area (Å²) in [6.45, 7) is 5.70. The van der Waals surface area contributed by atoms with Gasteiger partial charge in [-0.15, -0.1) is 0 Å². The molecule has 1 heterocycles. The Morgan fingerprint density at radius 2 is 2.26 bits per heavy atom. The molecule has 1 aliphatic heterocycles. The molecule has 1 fully saturated rings. The monoisotopic (exact) mass is 302 g/mol. The van der Waals surface area contributed by atoms with Crippen LogP contribution >= 0.6 is 23.2 Å². The first-order valence-corrected chi connectivity index (χ1v) is 7.30. The average Bonchev–Trinajstić information content (AvgIpc) is 2.36. The number of benzene rings is 1. The van der Waals surface area contributed by atoms with E-state index >= 15 is 0 Å². The molecule has 2 unspecified atom stereocenters. The molecule has 0 aliphatic carbocycles. The highest BCUT2D eigenvalue weighted by molar-refractivity contribution is 6.35. The lowest BCUT2D eigenvalue weighted by molar-refractivity contribution is -0.0190. The van der Waals surface area contributed by atoms with Gasteiger partial charge in [-0.3, -0.25) is 0 Å². The Labute approximate surface area is 124 Å². The quantitative estimate of drug-likeness (QED) is 0.925. The highest BCUT2D eigenvalue weighted by Crippen LogP contribution is 2.26. The summed E-state index contributed by atoms with van der Waals surface area (Å²) >= 11 is 12.1. The standard InChI is InChI=1S/C14H20Cl2N2O/c1-10(13-4-3-11(15)7-14(13)16)17-8-12-9-18(2)5-6-19-12/h3-4,7,10,12,17H,5-6,8-9H2,1-2H3. The lowest BCUT2D eigenvalue weighted by atomic mass is 10.1. The molecule has 0 aromatic heterocycles. The first kappa shape index (κ1) is 15.1. The maximum atomic E-state index is 6.21. The Morgan fingerprint density at radius 3 is 2.95 bits per heavy atom. The van der Waals surface area contributed by atoms with Gasteiger partial charge >= 0.3 is 0 Å². The molecule has 1 aromatic rings. The Hall–Kier alpha value is -0.320. The van der Waals surface area contributed by atoms with E-state index in [1.807, 2.05) is 12.1 Å². The van der Waals surface area contributed by atoms with E-state index in [0.29, 0.717) is 10.0 Å². The average molecular weight is 303 g/mol. The van der Waals surface area contributed by atoms with Crippen LogP contribution in [-0.4, -0.2) is 44.3 Å². The lowest BCUT2D eigenvalue weighted by Crippen LogP contribution is -2.45. The summed E-state index contributed by atoms with van der Waals surface area (Å²) in [5.41, 5.74) is 1.07. The van der Waals surface area contributed by atoms with Gasteiger partial charge in [-0.05, 0) is 31.7 Å². The topological polar surface area (TPSA) is 24.5 Å². The Bertz CT molecular complexity index is 428. The molecule has 2 atom stereocenters. The molecule has 0 saturated carbocycles. The summed E-state index contributed by atoms with van der Waals surface area (Å²) in [6, 6.07) is 5.80. The molecular weight excluding hydrogens is 283 g/mol. The number of nitrogens with one attached hydrogen (secondary N) is 1. The van der Waals surface area contributed by atoms with Crippen LogP contribution in [0.15, 0.2) is 18.2 Å². The second kappa shape index (κ2) is 6.91. The maximum Gasteiger partial charge on any atom is 0.0826 e. The van der Waals surface area contributed by atoms with Crippen LogP contribution in [-0.2, 0) is 4.74 Å². The van der Waals surface area contributed by atoms with Crippen molar-refractivity contribution in [2.45, 2.75) is 19.1 Å². The van der Waals surface area contributed by atoms with E-state index in [-0.39, 0.29) is 12.1 Å². The van der Waals surface area contributed by atoms with E-state index in [9.17, 15) is 0 Å². The van der Waals surface area contributed by atoms with Crippen molar-refractivity contribution >= 4 is 23.2 Å². The zero-order valence-corrected chi connectivity index (χ0v) is 12.8. The van der Waals surface area contributed by atoms with Crippen LogP contribution in [0.5, 0.6) is 0 Å². The third-order valence-corrected chi connectivity index (χ3v) is 3.99. The predicted octanol–water partition coefficient (Wildman–Crippen LogP) is 2.97. The van der Waals surface area contributed by atoms with E-state index in [1.165, 1.54) is 0 Å². The SMILES string of the molecule is CC(NCC1CN(C)CCO1)c1ccc(Cl)cc1Cl. The van der Waals surface area contributed by atoms with E-state index in [2.05, 4.69) is 24.2 Å². The van der Waals surface area contributed by atoms with Gasteiger partial charge in [0.25, 0.3) is 0 Å². The first-order chi connectivity index (χ1) is 9.06. The van der Waals surface area contributed by atoms with Crippen molar-refractivity contribution in [3.8, 4) is 0 Å². The third-order valence-electron chi connectivity index (χ3n) is 3.42. The molecule has 1 aliphatic rings. The number of hydrogen-bond acceptors (Lipinski definition) is 3. The van der Waals surface area contributed by atoms with E-state index in [4.69, 9.17) is 27.9 Å². The normalized spacial score (nSPS) is 22.4. The van der Waals surface area contributed by atoms with Crippen LogP contribution in [0.3, 0.4) is 0 Å². The Kier molecular flexibility index (Phi) is 5.48. The minimum absolute atomic E-state index is 0.181. The van der Waals surface area contributed by atoms with Crippen molar-refractivity contribution in [2.75, 3.05) is 33.3 Å². The fraction of sp³-hybridized carbons (Fsp3) is 0.571. The van der Waals surface area contributed by atoms with Gasteiger partial charge in [-0.25, -0.2) is 0 Å². The molecule has 1 saturated heterocycles. The molecule has 5 heteroatoms. The second-order valence-electron chi connectivity index (χ2n) is 5.05. The summed E-state index contributed by atoms with van der Waals surface area (Å²) in [6.07, 6.45) is 0.243. The van der Waals surface area contributed by atoms with Gasteiger partial charge in [0.05, 0.1) is 12.7 Å². The molecule has 1 N–H and O–H groups in total.